The van der Waals surface area contributed by atoms with Gasteiger partial charge in [0.1, 0.15) is 0 Å². The van der Waals surface area contributed by atoms with Crippen LogP contribution in [0.2, 0.25) is 0 Å². The predicted molar refractivity (Wildman–Crippen MR) is 57.4 cm³/mol. The number of hydrogen-bond acceptors (Lipinski definition) is 5. The van der Waals surface area contributed by atoms with E-state index in [4.69, 9.17) is 5.84 Å². The number of sulfone groups is 1. The van der Waals surface area contributed by atoms with Gasteiger partial charge in [-0.25, -0.2) is 8.42 Å². The minimum atomic E-state index is -3.43. The molecular formula is C9H12N2O3S. The predicted octanol–water partition coefficient (Wildman–Crippen LogP) is 0.578. The molecule has 1 aromatic carbocycles. The molecule has 6 heteroatoms. The Hall–Kier alpha value is -1.40. The van der Waals surface area contributed by atoms with Crippen molar-refractivity contribution in [2.75, 3.05) is 11.7 Å². The fourth-order valence-electron chi connectivity index (χ4n) is 1.32. The summed E-state index contributed by atoms with van der Waals surface area (Å²) in [6, 6.07) is 4.45. The van der Waals surface area contributed by atoms with Gasteiger partial charge in [-0.05, 0) is 19.1 Å². The number of carbonyl (C=O) groups is 1. The van der Waals surface area contributed by atoms with Crippen LogP contribution < -0.4 is 11.3 Å². The first kappa shape index (κ1) is 11.7. The Morgan fingerprint density at radius 3 is 2.40 bits per heavy atom. The molecule has 0 bridgehead atoms. The lowest BCUT2D eigenvalue weighted by Gasteiger charge is -2.10. The van der Waals surface area contributed by atoms with E-state index in [1.165, 1.54) is 19.1 Å². The summed E-state index contributed by atoms with van der Waals surface area (Å²) in [5.41, 5.74) is 2.71. The first-order valence-electron chi connectivity index (χ1n) is 4.18. The van der Waals surface area contributed by atoms with Crippen LogP contribution in [0.3, 0.4) is 0 Å². The van der Waals surface area contributed by atoms with E-state index >= 15 is 0 Å². The topological polar surface area (TPSA) is 89.3 Å². The molecule has 0 heterocycles. The number of ketones is 1. The van der Waals surface area contributed by atoms with Gasteiger partial charge in [0, 0.05) is 6.26 Å². The van der Waals surface area contributed by atoms with Gasteiger partial charge in [0.2, 0.25) is 0 Å². The molecule has 0 saturated heterocycles. The number of hydrogen-bond donors (Lipinski definition) is 2. The van der Waals surface area contributed by atoms with E-state index in [1.807, 2.05) is 0 Å². The van der Waals surface area contributed by atoms with Crippen LogP contribution in [0.25, 0.3) is 0 Å². The Bertz CT molecular complexity index is 494. The summed E-state index contributed by atoms with van der Waals surface area (Å²) in [5.74, 6) is 4.86. The number of carbonyl (C=O) groups excluding carboxylic acids is 1. The molecule has 1 aromatic rings. The van der Waals surface area contributed by atoms with Crippen LogP contribution in [0, 0.1) is 0 Å². The quantitative estimate of drug-likeness (QED) is 0.448. The monoisotopic (exact) mass is 228 g/mol. The van der Waals surface area contributed by atoms with Crippen LogP contribution in [-0.4, -0.2) is 20.5 Å². The highest BCUT2D eigenvalue weighted by Gasteiger charge is 2.19. The standard InChI is InChI=1S/C9H12N2O3S/c1-6(12)9-7(11-10)4-3-5-8(9)15(2,13)14/h3-5,11H,10H2,1-2H3. The van der Waals surface area contributed by atoms with Gasteiger partial charge in [-0.2, -0.15) is 0 Å². The van der Waals surface area contributed by atoms with E-state index < -0.39 is 9.84 Å². The maximum absolute atomic E-state index is 11.4. The zero-order valence-electron chi connectivity index (χ0n) is 8.44. The molecule has 0 amide bonds. The molecule has 0 aliphatic heterocycles. The van der Waals surface area contributed by atoms with Crippen molar-refractivity contribution < 1.29 is 13.2 Å². The van der Waals surface area contributed by atoms with Crippen molar-refractivity contribution in [1.82, 2.24) is 0 Å². The van der Waals surface area contributed by atoms with Crippen LogP contribution in [0.1, 0.15) is 17.3 Å². The van der Waals surface area contributed by atoms with Gasteiger partial charge >= 0.3 is 0 Å². The maximum Gasteiger partial charge on any atom is 0.176 e. The number of nitrogen functional groups attached to an aromatic ring is 1. The molecule has 0 fully saturated rings. The Balaban J connectivity index is 3.60. The third-order valence-corrected chi connectivity index (χ3v) is 3.07. The second-order valence-corrected chi connectivity index (χ2v) is 5.14. The zero-order valence-corrected chi connectivity index (χ0v) is 9.26. The second-order valence-electron chi connectivity index (χ2n) is 3.15. The number of nitrogens with one attached hydrogen (secondary N) is 1. The molecule has 0 aromatic heterocycles. The molecule has 0 unspecified atom stereocenters. The Morgan fingerprint density at radius 1 is 1.40 bits per heavy atom. The van der Waals surface area contributed by atoms with Crippen LogP contribution in [0.5, 0.6) is 0 Å². The van der Waals surface area contributed by atoms with E-state index in [1.54, 1.807) is 6.07 Å². The number of nitrogens with two attached hydrogens (primary N) is 1. The Kier molecular flexibility index (Phi) is 3.11. The fraction of sp³-hybridized carbons (Fsp3) is 0.222. The van der Waals surface area contributed by atoms with Gasteiger partial charge in [-0.3, -0.25) is 10.6 Å². The average Bonchev–Trinajstić information content (AvgIpc) is 2.15. The maximum atomic E-state index is 11.4. The fourth-order valence-corrected chi connectivity index (χ4v) is 2.27. The van der Waals surface area contributed by atoms with Gasteiger partial charge in [0.15, 0.2) is 15.6 Å². The lowest BCUT2D eigenvalue weighted by Crippen LogP contribution is -2.14. The summed E-state index contributed by atoms with van der Waals surface area (Å²) in [7, 11) is -3.43. The summed E-state index contributed by atoms with van der Waals surface area (Å²) < 4.78 is 22.8. The minimum absolute atomic E-state index is 0.00884. The van der Waals surface area contributed by atoms with E-state index in [9.17, 15) is 13.2 Å². The summed E-state index contributed by atoms with van der Waals surface area (Å²) >= 11 is 0. The number of hydrazine groups is 1. The van der Waals surface area contributed by atoms with Gasteiger partial charge in [0.05, 0.1) is 16.1 Å². The van der Waals surface area contributed by atoms with Crippen molar-refractivity contribution in [3.05, 3.63) is 23.8 Å². The van der Waals surface area contributed by atoms with E-state index in [0.717, 1.165) is 6.26 Å². The third kappa shape index (κ3) is 2.34. The molecule has 3 N–H and O–H groups in total. The third-order valence-electron chi connectivity index (χ3n) is 1.93. The first-order chi connectivity index (χ1) is 6.88. The SMILES string of the molecule is CC(=O)c1c(NN)cccc1S(C)(=O)=O. The van der Waals surface area contributed by atoms with Crippen LogP contribution in [0.4, 0.5) is 5.69 Å². The first-order valence-corrected chi connectivity index (χ1v) is 6.07. The van der Waals surface area contributed by atoms with Crippen LogP contribution >= 0.6 is 0 Å². The lowest BCUT2D eigenvalue weighted by molar-refractivity contribution is 0.101. The zero-order chi connectivity index (χ0) is 11.6. The molecule has 0 saturated carbocycles. The number of Topliss-reactive ketones (excluding diaryl/α,β-unsaturated/α-hetero) is 1. The highest BCUT2D eigenvalue weighted by molar-refractivity contribution is 7.90. The van der Waals surface area contributed by atoms with Crippen LogP contribution in [-0.2, 0) is 9.84 Å². The molecule has 0 radical (unpaired) electrons. The molecule has 0 atom stereocenters. The number of anilines is 1. The lowest BCUT2D eigenvalue weighted by atomic mass is 10.1. The molecule has 5 nitrogen and oxygen atoms in total. The molecule has 0 aliphatic carbocycles. The highest BCUT2D eigenvalue weighted by atomic mass is 32.2. The van der Waals surface area contributed by atoms with Crippen molar-refractivity contribution in [1.29, 1.82) is 0 Å². The number of rotatable bonds is 3. The second kappa shape index (κ2) is 4.00. The molecular weight excluding hydrogens is 216 g/mol. The normalized spacial score (nSPS) is 11.1. The molecule has 82 valence electrons. The van der Waals surface area contributed by atoms with E-state index in [0.29, 0.717) is 5.69 Å². The van der Waals surface area contributed by atoms with Gasteiger partial charge in [-0.15, -0.1) is 0 Å². The summed E-state index contributed by atoms with van der Waals surface area (Å²) in [6.07, 6.45) is 1.05. The Labute approximate surface area is 88.2 Å². The van der Waals surface area contributed by atoms with Gasteiger partial charge in [-0.1, -0.05) is 6.07 Å². The van der Waals surface area contributed by atoms with Crippen molar-refractivity contribution in [2.24, 2.45) is 5.84 Å². The van der Waals surface area contributed by atoms with Gasteiger partial charge < -0.3 is 5.43 Å². The van der Waals surface area contributed by atoms with Crippen molar-refractivity contribution >= 4 is 21.3 Å². The van der Waals surface area contributed by atoms with Crippen LogP contribution in [0.15, 0.2) is 23.1 Å². The minimum Gasteiger partial charge on any atom is -0.323 e. The number of benzene rings is 1. The molecule has 0 aliphatic rings. The van der Waals surface area contributed by atoms with Crippen molar-refractivity contribution in [3.63, 3.8) is 0 Å². The largest absolute Gasteiger partial charge is 0.323 e. The molecule has 1 rings (SSSR count). The summed E-state index contributed by atoms with van der Waals surface area (Å²) in [5, 5.41) is 0. The smallest absolute Gasteiger partial charge is 0.176 e. The summed E-state index contributed by atoms with van der Waals surface area (Å²) in [6.45, 7) is 1.30. The van der Waals surface area contributed by atoms with E-state index in [2.05, 4.69) is 5.43 Å². The molecule has 15 heavy (non-hydrogen) atoms. The van der Waals surface area contributed by atoms with Gasteiger partial charge in [0.25, 0.3) is 0 Å². The summed E-state index contributed by atoms with van der Waals surface area (Å²) in [4.78, 5) is 11.3. The van der Waals surface area contributed by atoms with Crippen molar-refractivity contribution in [2.45, 2.75) is 11.8 Å². The highest BCUT2D eigenvalue weighted by Crippen LogP contribution is 2.23. The van der Waals surface area contributed by atoms with Crippen molar-refractivity contribution in [3.8, 4) is 0 Å². The van der Waals surface area contributed by atoms with E-state index in [-0.39, 0.29) is 16.2 Å². The molecule has 0 spiro atoms. The Morgan fingerprint density at radius 2 is 2.00 bits per heavy atom. The average molecular weight is 228 g/mol.